The molecule has 3 atom stereocenters. The SMILES string of the molecule is CN(C[C@@H]1CC[C@@H](O)[C@@H](O)C1)C(=O)OCc1ccccc1. The van der Waals surface area contributed by atoms with Crippen LogP contribution in [-0.4, -0.2) is 47.0 Å². The van der Waals surface area contributed by atoms with Crippen molar-refractivity contribution in [3.05, 3.63) is 35.9 Å². The van der Waals surface area contributed by atoms with Crippen molar-refractivity contribution < 1.29 is 19.7 Å². The minimum atomic E-state index is -0.683. The van der Waals surface area contributed by atoms with Crippen LogP contribution in [0.5, 0.6) is 0 Å². The summed E-state index contributed by atoms with van der Waals surface area (Å²) in [5, 5.41) is 19.2. The smallest absolute Gasteiger partial charge is 0.409 e. The topological polar surface area (TPSA) is 70.0 Å². The van der Waals surface area contributed by atoms with Crippen LogP contribution in [0.1, 0.15) is 24.8 Å². The second-order valence-electron chi connectivity index (χ2n) is 5.73. The van der Waals surface area contributed by atoms with Crippen molar-refractivity contribution in [2.24, 2.45) is 5.92 Å². The molecule has 21 heavy (non-hydrogen) atoms. The normalized spacial score (nSPS) is 25.4. The zero-order valence-electron chi connectivity index (χ0n) is 12.3. The molecule has 0 bridgehead atoms. The molecule has 5 heteroatoms. The lowest BCUT2D eigenvalue weighted by Crippen LogP contribution is -2.39. The summed E-state index contributed by atoms with van der Waals surface area (Å²) >= 11 is 0. The standard InChI is InChI=1S/C16H23NO4/c1-17(10-13-7-8-14(18)15(19)9-13)16(20)21-11-12-5-3-2-4-6-12/h2-6,13-15,18-19H,7-11H2,1H3/t13-,14-,15+/m1/s1. The number of amides is 1. The summed E-state index contributed by atoms with van der Waals surface area (Å²) in [5.74, 6) is 0.206. The van der Waals surface area contributed by atoms with E-state index in [1.165, 1.54) is 4.90 Å². The van der Waals surface area contributed by atoms with Crippen LogP contribution in [0.15, 0.2) is 30.3 Å². The van der Waals surface area contributed by atoms with Gasteiger partial charge in [0.2, 0.25) is 0 Å². The van der Waals surface area contributed by atoms with Gasteiger partial charge in [0.05, 0.1) is 12.2 Å². The lowest BCUT2D eigenvalue weighted by molar-refractivity contribution is -0.0291. The van der Waals surface area contributed by atoms with E-state index in [4.69, 9.17) is 4.74 Å². The maximum atomic E-state index is 11.9. The van der Waals surface area contributed by atoms with E-state index in [9.17, 15) is 15.0 Å². The first kappa shape index (κ1) is 15.8. The van der Waals surface area contributed by atoms with E-state index in [2.05, 4.69) is 0 Å². The molecule has 2 N–H and O–H groups in total. The van der Waals surface area contributed by atoms with Crippen LogP contribution in [0.3, 0.4) is 0 Å². The van der Waals surface area contributed by atoms with E-state index in [1.54, 1.807) is 7.05 Å². The number of carbonyl (C=O) groups excluding carboxylic acids is 1. The Morgan fingerprint density at radius 3 is 2.62 bits per heavy atom. The monoisotopic (exact) mass is 293 g/mol. The number of aliphatic hydroxyl groups is 2. The van der Waals surface area contributed by atoms with E-state index in [0.29, 0.717) is 19.4 Å². The van der Waals surface area contributed by atoms with E-state index >= 15 is 0 Å². The molecule has 5 nitrogen and oxygen atoms in total. The van der Waals surface area contributed by atoms with E-state index in [1.807, 2.05) is 30.3 Å². The number of ether oxygens (including phenoxy) is 1. The fourth-order valence-electron chi connectivity index (χ4n) is 2.67. The van der Waals surface area contributed by atoms with Gasteiger partial charge in [0.25, 0.3) is 0 Å². The molecule has 2 rings (SSSR count). The second-order valence-corrected chi connectivity index (χ2v) is 5.73. The van der Waals surface area contributed by atoms with Gasteiger partial charge < -0.3 is 19.8 Å². The Kier molecular flexibility index (Phi) is 5.59. The molecule has 0 unspecified atom stereocenters. The minimum absolute atomic E-state index is 0.206. The number of benzene rings is 1. The van der Waals surface area contributed by atoms with E-state index in [-0.39, 0.29) is 18.6 Å². The molecule has 1 aromatic rings. The van der Waals surface area contributed by atoms with Crippen molar-refractivity contribution >= 4 is 6.09 Å². The highest BCUT2D eigenvalue weighted by Gasteiger charge is 2.29. The summed E-state index contributed by atoms with van der Waals surface area (Å²) in [5.41, 5.74) is 0.954. The first-order chi connectivity index (χ1) is 10.1. The van der Waals surface area contributed by atoms with Gasteiger partial charge in [0, 0.05) is 13.6 Å². The summed E-state index contributed by atoms with van der Waals surface area (Å²) in [6, 6.07) is 9.54. The maximum Gasteiger partial charge on any atom is 0.409 e. The molecule has 0 aliphatic heterocycles. The van der Waals surface area contributed by atoms with Gasteiger partial charge in [-0.1, -0.05) is 30.3 Å². The number of nitrogens with zero attached hydrogens (tertiary/aromatic N) is 1. The third kappa shape index (κ3) is 4.72. The highest BCUT2D eigenvalue weighted by Crippen LogP contribution is 2.25. The van der Waals surface area contributed by atoms with Crippen LogP contribution in [0.2, 0.25) is 0 Å². The molecule has 0 radical (unpaired) electrons. The fraction of sp³-hybridized carbons (Fsp3) is 0.562. The van der Waals surface area contributed by atoms with Gasteiger partial charge in [0.15, 0.2) is 0 Å². The number of carbonyl (C=O) groups is 1. The average Bonchev–Trinajstić information content (AvgIpc) is 2.49. The molecule has 1 amide bonds. The third-order valence-corrected chi connectivity index (χ3v) is 3.94. The summed E-state index contributed by atoms with van der Waals surface area (Å²) in [4.78, 5) is 13.5. The van der Waals surface area contributed by atoms with Gasteiger partial charge in [-0.15, -0.1) is 0 Å². The quantitative estimate of drug-likeness (QED) is 0.888. The lowest BCUT2D eigenvalue weighted by Gasteiger charge is -2.32. The third-order valence-electron chi connectivity index (χ3n) is 3.94. The van der Waals surface area contributed by atoms with Gasteiger partial charge in [-0.2, -0.15) is 0 Å². The van der Waals surface area contributed by atoms with Crippen LogP contribution in [-0.2, 0) is 11.3 Å². The summed E-state index contributed by atoms with van der Waals surface area (Å²) in [7, 11) is 1.70. The van der Waals surface area contributed by atoms with Crippen LogP contribution in [0, 0.1) is 5.92 Å². The van der Waals surface area contributed by atoms with Crippen LogP contribution >= 0.6 is 0 Å². The highest BCUT2D eigenvalue weighted by atomic mass is 16.6. The minimum Gasteiger partial charge on any atom is -0.445 e. The Labute approximate surface area is 125 Å². The van der Waals surface area contributed by atoms with Gasteiger partial charge in [-0.3, -0.25) is 0 Å². The predicted octanol–water partition coefficient (Wildman–Crippen LogP) is 1.78. The number of aliphatic hydroxyl groups excluding tert-OH is 2. The Morgan fingerprint density at radius 2 is 1.95 bits per heavy atom. The van der Waals surface area contributed by atoms with Gasteiger partial charge in [-0.25, -0.2) is 4.79 Å². The molecule has 0 saturated heterocycles. The molecule has 1 aliphatic carbocycles. The second kappa shape index (κ2) is 7.43. The molecule has 116 valence electrons. The van der Waals surface area contributed by atoms with Crippen molar-refractivity contribution in [3.63, 3.8) is 0 Å². The highest BCUT2D eigenvalue weighted by molar-refractivity contribution is 5.67. The molecule has 0 aromatic heterocycles. The predicted molar refractivity (Wildman–Crippen MR) is 78.6 cm³/mol. The van der Waals surface area contributed by atoms with Crippen molar-refractivity contribution in [3.8, 4) is 0 Å². The molecular formula is C16H23NO4. The van der Waals surface area contributed by atoms with Crippen molar-refractivity contribution in [2.75, 3.05) is 13.6 Å². The number of hydrogen-bond acceptors (Lipinski definition) is 4. The molecule has 1 saturated carbocycles. The number of hydrogen-bond donors (Lipinski definition) is 2. The van der Waals surface area contributed by atoms with Crippen molar-refractivity contribution in [1.82, 2.24) is 4.90 Å². The summed E-state index contributed by atoms with van der Waals surface area (Å²) in [6.07, 6.45) is 0.249. The van der Waals surface area contributed by atoms with Crippen LogP contribution in [0.4, 0.5) is 4.79 Å². The zero-order chi connectivity index (χ0) is 15.2. The Balaban J connectivity index is 1.75. The fourth-order valence-corrected chi connectivity index (χ4v) is 2.67. The Bertz CT molecular complexity index is 451. The molecule has 0 spiro atoms. The van der Waals surface area contributed by atoms with Crippen molar-refractivity contribution in [2.45, 2.75) is 38.1 Å². The van der Waals surface area contributed by atoms with Gasteiger partial charge in [-0.05, 0) is 30.7 Å². The first-order valence-electron chi connectivity index (χ1n) is 7.34. The van der Waals surface area contributed by atoms with Gasteiger partial charge in [0.1, 0.15) is 6.61 Å². The average molecular weight is 293 g/mol. The molecular weight excluding hydrogens is 270 g/mol. The van der Waals surface area contributed by atoms with Gasteiger partial charge >= 0.3 is 6.09 Å². The summed E-state index contributed by atoms with van der Waals surface area (Å²) < 4.78 is 5.25. The van der Waals surface area contributed by atoms with Crippen LogP contribution in [0.25, 0.3) is 0 Å². The Hall–Kier alpha value is -1.59. The molecule has 1 aliphatic rings. The first-order valence-corrected chi connectivity index (χ1v) is 7.34. The zero-order valence-corrected chi connectivity index (χ0v) is 12.3. The van der Waals surface area contributed by atoms with E-state index in [0.717, 1.165) is 12.0 Å². The van der Waals surface area contributed by atoms with Crippen molar-refractivity contribution in [1.29, 1.82) is 0 Å². The van der Waals surface area contributed by atoms with Crippen LogP contribution < -0.4 is 0 Å². The van der Waals surface area contributed by atoms with E-state index < -0.39 is 12.2 Å². The Morgan fingerprint density at radius 1 is 1.24 bits per heavy atom. The summed E-state index contributed by atoms with van der Waals surface area (Å²) in [6.45, 7) is 0.799. The maximum absolute atomic E-state index is 11.9. The molecule has 1 aromatic carbocycles. The largest absolute Gasteiger partial charge is 0.445 e. The number of rotatable bonds is 4. The molecule has 1 fully saturated rings. The molecule has 0 heterocycles. The lowest BCUT2D eigenvalue weighted by atomic mass is 9.85.